The lowest BCUT2D eigenvalue weighted by Crippen LogP contribution is -2.35. The van der Waals surface area contributed by atoms with Crippen molar-refractivity contribution < 1.29 is 17.9 Å². The van der Waals surface area contributed by atoms with Crippen LogP contribution in [0.2, 0.25) is 0 Å². The van der Waals surface area contributed by atoms with Crippen LogP contribution in [0.5, 0.6) is 0 Å². The molecule has 124 valence electrons. The number of carbonyl (C=O) groups is 1. The molecule has 0 bridgehead atoms. The number of rotatable bonds is 7. The first-order valence-corrected chi connectivity index (χ1v) is 8.38. The van der Waals surface area contributed by atoms with Gasteiger partial charge in [0, 0.05) is 11.8 Å². The van der Waals surface area contributed by atoms with Crippen LogP contribution in [0.25, 0.3) is 0 Å². The van der Waals surface area contributed by atoms with Crippen LogP contribution in [0.4, 0.5) is 0 Å². The van der Waals surface area contributed by atoms with Gasteiger partial charge in [0.25, 0.3) is 0 Å². The quantitative estimate of drug-likeness (QED) is 0.456. The number of benzene rings is 1. The van der Waals surface area contributed by atoms with Crippen LogP contribution in [0.1, 0.15) is 12.5 Å². The van der Waals surface area contributed by atoms with E-state index < -0.39 is 16.0 Å². The van der Waals surface area contributed by atoms with Crippen molar-refractivity contribution in [1.82, 2.24) is 4.31 Å². The molecule has 0 atom stereocenters. The van der Waals surface area contributed by atoms with E-state index in [4.69, 9.17) is 16.9 Å². The second-order valence-corrected chi connectivity index (χ2v) is 6.70. The molecule has 0 heterocycles. The summed E-state index contributed by atoms with van der Waals surface area (Å²) in [5.41, 5.74) is 6.71. The predicted octanol–water partition coefficient (Wildman–Crippen LogP) is 1.02. The average molecular weight is 336 g/mol. The summed E-state index contributed by atoms with van der Waals surface area (Å²) in [5.74, 6) is 1.66. The van der Waals surface area contributed by atoms with Crippen molar-refractivity contribution >= 4 is 16.0 Å². The zero-order chi connectivity index (χ0) is 17.5. The zero-order valence-electron chi connectivity index (χ0n) is 13.2. The van der Waals surface area contributed by atoms with Crippen molar-refractivity contribution in [3.8, 4) is 12.3 Å². The first-order valence-electron chi connectivity index (χ1n) is 6.94. The fraction of sp³-hybridized carbons (Fsp3) is 0.312. The summed E-state index contributed by atoms with van der Waals surface area (Å²) in [6.45, 7) is 3.37. The van der Waals surface area contributed by atoms with Crippen LogP contribution in [-0.4, -0.2) is 38.4 Å². The summed E-state index contributed by atoms with van der Waals surface area (Å²) in [4.78, 5) is 11.5. The van der Waals surface area contributed by atoms with Crippen LogP contribution in [0.3, 0.4) is 0 Å². The minimum Gasteiger partial charge on any atom is -0.463 e. The number of terminal acetylenes is 1. The molecular formula is C16H20N2O4S. The Morgan fingerprint density at radius 3 is 2.52 bits per heavy atom. The van der Waals surface area contributed by atoms with E-state index >= 15 is 0 Å². The third kappa shape index (κ3) is 5.43. The lowest BCUT2D eigenvalue weighted by atomic mass is 10.2. The molecule has 0 fully saturated rings. The van der Waals surface area contributed by atoms with Crippen LogP contribution in [-0.2, 0) is 19.6 Å². The first-order chi connectivity index (χ1) is 10.8. The minimum atomic E-state index is -3.81. The molecule has 0 spiro atoms. The number of esters is 1. The fourth-order valence-corrected chi connectivity index (χ4v) is 3.11. The van der Waals surface area contributed by atoms with E-state index in [0.717, 1.165) is 15.9 Å². The first kappa shape index (κ1) is 18.7. The normalized spacial score (nSPS) is 12.0. The number of nitrogens with two attached hydrogens (primary N) is 1. The second-order valence-electron chi connectivity index (χ2n) is 4.76. The summed E-state index contributed by atoms with van der Waals surface area (Å²) in [7, 11) is -3.81. The molecule has 2 N–H and O–H groups in total. The number of ether oxygens (including phenoxy) is 1. The van der Waals surface area contributed by atoms with Gasteiger partial charge in [-0.1, -0.05) is 23.6 Å². The van der Waals surface area contributed by atoms with E-state index in [1.165, 1.54) is 12.1 Å². The highest BCUT2D eigenvalue weighted by Gasteiger charge is 2.24. The standard InChI is InChI=1S/C16H20N2O4S/c1-4-10-18(12-14(17)11-16(19)22-5-2)23(20,21)15-8-6-13(3)7-9-15/h1,6-9,11H,5,10,12,17H2,2-3H3/b14-11-. The lowest BCUT2D eigenvalue weighted by Gasteiger charge is -2.20. The molecule has 1 aromatic carbocycles. The van der Waals surface area contributed by atoms with Crippen LogP contribution in [0.15, 0.2) is 40.9 Å². The van der Waals surface area contributed by atoms with Gasteiger partial charge in [0.05, 0.1) is 24.6 Å². The van der Waals surface area contributed by atoms with Gasteiger partial charge in [-0.15, -0.1) is 6.42 Å². The Morgan fingerprint density at radius 1 is 1.39 bits per heavy atom. The fourth-order valence-electron chi connectivity index (χ4n) is 1.77. The lowest BCUT2D eigenvalue weighted by molar-refractivity contribution is -0.137. The predicted molar refractivity (Wildman–Crippen MR) is 87.7 cm³/mol. The van der Waals surface area contributed by atoms with Gasteiger partial charge in [-0.3, -0.25) is 0 Å². The highest BCUT2D eigenvalue weighted by atomic mass is 32.2. The zero-order valence-corrected chi connectivity index (χ0v) is 14.0. The third-order valence-corrected chi connectivity index (χ3v) is 4.68. The number of hydrogen-bond donors (Lipinski definition) is 1. The smallest absolute Gasteiger partial charge is 0.332 e. The Morgan fingerprint density at radius 2 is 2.00 bits per heavy atom. The summed E-state index contributed by atoms with van der Waals surface area (Å²) in [6, 6.07) is 6.39. The van der Waals surface area contributed by atoms with Gasteiger partial charge in [0.2, 0.25) is 10.0 Å². The van der Waals surface area contributed by atoms with Crippen LogP contribution in [0, 0.1) is 19.3 Å². The van der Waals surface area contributed by atoms with E-state index in [-0.39, 0.29) is 30.3 Å². The average Bonchev–Trinajstić information content (AvgIpc) is 2.47. The maximum atomic E-state index is 12.6. The van der Waals surface area contributed by atoms with Crippen molar-refractivity contribution in [1.29, 1.82) is 0 Å². The van der Waals surface area contributed by atoms with E-state index in [1.807, 2.05) is 6.92 Å². The summed E-state index contributed by atoms with van der Waals surface area (Å²) >= 11 is 0. The number of sulfonamides is 1. The van der Waals surface area contributed by atoms with E-state index in [1.54, 1.807) is 19.1 Å². The molecule has 23 heavy (non-hydrogen) atoms. The summed E-state index contributed by atoms with van der Waals surface area (Å²) in [5, 5.41) is 0. The largest absolute Gasteiger partial charge is 0.463 e. The highest BCUT2D eigenvalue weighted by molar-refractivity contribution is 7.89. The van der Waals surface area contributed by atoms with Gasteiger partial charge in [-0.25, -0.2) is 13.2 Å². The topological polar surface area (TPSA) is 89.7 Å². The van der Waals surface area contributed by atoms with E-state index in [9.17, 15) is 13.2 Å². The van der Waals surface area contributed by atoms with Crippen molar-refractivity contribution in [3.05, 3.63) is 41.6 Å². The molecule has 1 aromatic rings. The molecule has 7 heteroatoms. The Balaban J connectivity index is 3.04. The summed E-state index contributed by atoms with van der Waals surface area (Å²) in [6.07, 6.45) is 6.30. The van der Waals surface area contributed by atoms with E-state index in [0.29, 0.717) is 0 Å². The van der Waals surface area contributed by atoms with Crippen LogP contribution >= 0.6 is 0 Å². The molecule has 0 aromatic heterocycles. The SMILES string of the molecule is C#CCN(C/C(N)=C/C(=O)OCC)S(=O)(=O)c1ccc(C)cc1. The van der Waals surface area contributed by atoms with Crippen LogP contribution < -0.4 is 5.73 Å². The minimum absolute atomic E-state index is 0.0504. The molecule has 0 aliphatic carbocycles. The maximum Gasteiger partial charge on any atom is 0.332 e. The number of nitrogens with zero attached hydrogens (tertiary/aromatic N) is 1. The number of hydrogen-bond acceptors (Lipinski definition) is 5. The molecule has 0 radical (unpaired) electrons. The van der Waals surface area contributed by atoms with Gasteiger partial charge in [-0.05, 0) is 26.0 Å². The van der Waals surface area contributed by atoms with Gasteiger partial charge < -0.3 is 10.5 Å². The molecular weight excluding hydrogens is 316 g/mol. The molecule has 6 nitrogen and oxygen atoms in total. The van der Waals surface area contributed by atoms with E-state index in [2.05, 4.69) is 5.92 Å². The van der Waals surface area contributed by atoms with Crippen molar-refractivity contribution in [3.63, 3.8) is 0 Å². The Bertz CT molecular complexity index is 715. The molecule has 0 amide bonds. The van der Waals surface area contributed by atoms with Gasteiger partial charge >= 0.3 is 5.97 Å². The van der Waals surface area contributed by atoms with Gasteiger partial charge in [0.15, 0.2) is 0 Å². The molecule has 0 saturated carbocycles. The molecule has 0 unspecified atom stereocenters. The van der Waals surface area contributed by atoms with Crippen molar-refractivity contribution in [2.75, 3.05) is 19.7 Å². The molecule has 0 saturated heterocycles. The molecule has 0 aliphatic rings. The third-order valence-electron chi connectivity index (χ3n) is 2.88. The maximum absolute atomic E-state index is 12.6. The highest BCUT2D eigenvalue weighted by Crippen LogP contribution is 2.16. The number of carbonyl (C=O) groups excluding carboxylic acids is 1. The van der Waals surface area contributed by atoms with Gasteiger partial charge in [0.1, 0.15) is 0 Å². The van der Waals surface area contributed by atoms with Crippen molar-refractivity contribution in [2.45, 2.75) is 18.7 Å². The molecule has 1 rings (SSSR count). The second kappa shape index (κ2) is 8.36. The van der Waals surface area contributed by atoms with Gasteiger partial charge in [-0.2, -0.15) is 4.31 Å². The molecule has 0 aliphatic heterocycles. The monoisotopic (exact) mass is 336 g/mol. The number of aryl methyl sites for hydroxylation is 1. The Kier molecular flexibility index (Phi) is 6.82. The Labute approximate surface area is 137 Å². The van der Waals surface area contributed by atoms with Crippen molar-refractivity contribution in [2.24, 2.45) is 5.73 Å². The summed E-state index contributed by atoms with van der Waals surface area (Å²) < 4.78 is 31.0. The Hall–Kier alpha value is -2.30.